The fourth-order valence-electron chi connectivity index (χ4n) is 4.89. The molecule has 1 amide bonds. The molecule has 6 heteroatoms. The SMILES string of the molecule is CCCCCCCCC(=O)C1Cc2ccc(cc2)OCCCC(C(=O)CO)C(CC(C)C)C(=O)N1. The number of amides is 1. The zero-order valence-corrected chi connectivity index (χ0v) is 21.9. The quantitative estimate of drug-likeness (QED) is 0.403. The summed E-state index contributed by atoms with van der Waals surface area (Å²) in [6.45, 7) is 6.07. The van der Waals surface area contributed by atoms with Crippen molar-refractivity contribution in [2.24, 2.45) is 17.8 Å². The highest BCUT2D eigenvalue weighted by Crippen LogP contribution is 2.27. The van der Waals surface area contributed by atoms with Crippen LogP contribution in [0.2, 0.25) is 0 Å². The Morgan fingerprint density at radius 2 is 1.74 bits per heavy atom. The number of Topliss-reactive ketones (excluding diaryl/α,β-unsaturated/α-hetero) is 2. The van der Waals surface area contributed by atoms with E-state index in [9.17, 15) is 19.5 Å². The Balaban J connectivity index is 2.24. The molecule has 0 spiro atoms. The van der Waals surface area contributed by atoms with Gasteiger partial charge in [0.1, 0.15) is 12.4 Å². The molecule has 6 nitrogen and oxygen atoms in total. The first kappa shape index (κ1) is 29.0. The summed E-state index contributed by atoms with van der Waals surface area (Å²) in [4.78, 5) is 39.4. The number of unbranched alkanes of at least 4 members (excludes halogenated alkanes) is 5. The molecule has 0 radical (unpaired) electrons. The largest absolute Gasteiger partial charge is 0.494 e. The van der Waals surface area contributed by atoms with Gasteiger partial charge in [-0.2, -0.15) is 0 Å². The van der Waals surface area contributed by atoms with E-state index in [4.69, 9.17) is 4.74 Å². The number of rotatable bonds is 12. The summed E-state index contributed by atoms with van der Waals surface area (Å²) >= 11 is 0. The van der Waals surface area contributed by atoms with Crippen molar-refractivity contribution in [2.75, 3.05) is 13.2 Å². The van der Waals surface area contributed by atoms with Gasteiger partial charge in [-0.15, -0.1) is 0 Å². The Kier molecular flexibility index (Phi) is 13.0. The Hall–Kier alpha value is -2.21. The fraction of sp³-hybridized carbons (Fsp3) is 0.690. The van der Waals surface area contributed by atoms with Crippen molar-refractivity contribution in [1.29, 1.82) is 0 Å². The van der Waals surface area contributed by atoms with Crippen molar-refractivity contribution < 1.29 is 24.2 Å². The summed E-state index contributed by atoms with van der Waals surface area (Å²) in [5.41, 5.74) is 0.958. The maximum Gasteiger partial charge on any atom is 0.224 e. The Bertz CT molecular complexity index is 789. The molecule has 1 aromatic rings. The number of aliphatic hydroxyl groups is 1. The molecule has 3 rings (SSSR count). The smallest absolute Gasteiger partial charge is 0.224 e. The lowest BCUT2D eigenvalue weighted by atomic mass is 9.79. The van der Waals surface area contributed by atoms with Crippen molar-refractivity contribution in [3.63, 3.8) is 0 Å². The maximum atomic E-state index is 13.5. The summed E-state index contributed by atoms with van der Waals surface area (Å²) in [7, 11) is 0. The van der Waals surface area contributed by atoms with Crippen molar-refractivity contribution in [1.82, 2.24) is 5.32 Å². The normalized spacial score (nSPS) is 21.3. The van der Waals surface area contributed by atoms with Crippen molar-refractivity contribution in [3.8, 4) is 5.75 Å². The second kappa shape index (κ2) is 15.7. The van der Waals surface area contributed by atoms with E-state index in [0.29, 0.717) is 38.7 Å². The van der Waals surface area contributed by atoms with E-state index < -0.39 is 24.5 Å². The molecular weight excluding hydrogens is 442 g/mol. The number of carbonyl (C=O) groups excluding carboxylic acids is 3. The van der Waals surface area contributed by atoms with Crippen LogP contribution in [0.4, 0.5) is 0 Å². The number of hydrogen-bond donors (Lipinski definition) is 2. The second-order valence-electron chi connectivity index (χ2n) is 10.4. The summed E-state index contributed by atoms with van der Waals surface area (Å²) < 4.78 is 5.83. The minimum Gasteiger partial charge on any atom is -0.494 e. The highest BCUT2D eigenvalue weighted by atomic mass is 16.5. The molecule has 2 heterocycles. The van der Waals surface area contributed by atoms with Crippen LogP contribution in [-0.4, -0.2) is 41.8 Å². The van der Waals surface area contributed by atoms with E-state index in [1.165, 1.54) is 19.3 Å². The van der Waals surface area contributed by atoms with E-state index in [-0.39, 0.29) is 23.4 Å². The molecule has 0 aliphatic carbocycles. The summed E-state index contributed by atoms with van der Waals surface area (Å²) in [6, 6.07) is 7.03. The second-order valence-corrected chi connectivity index (χ2v) is 10.4. The Morgan fingerprint density at radius 3 is 2.40 bits per heavy atom. The van der Waals surface area contributed by atoms with Crippen LogP contribution in [0.25, 0.3) is 0 Å². The fourth-order valence-corrected chi connectivity index (χ4v) is 4.89. The first-order valence-electron chi connectivity index (χ1n) is 13.5. The van der Waals surface area contributed by atoms with E-state index in [0.717, 1.165) is 30.6 Å². The number of nitrogens with one attached hydrogen (secondary N) is 1. The van der Waals surface area contributed by atoms with Gasteiger partial charge in [0.2, 0.25) is 5.91 Å². The standard InChI is InChI=1S/C29H45NO5/c1-4-5-6-7-8-9-12-27(32)26-19-22-13-15-23(16-14-22)35-17-10-11-24(28(33)20-31)25(18-21(2)3)29(34)30-26/h13-16,21,24-26,31H,4-12,17-20H2,1-3H3,(H,30,34). The van der Waals surface area contributed by atoms with E-state index in [1.54, 1.807) is 0 Å². The number of ether oxygens (including phenoxy) is 1. The van der Waals surface area contributed by atoms with Crippen LogP contribution in [0.1, 0.15) is 90.5 Å². The van der Waals surface area contributed by atoms with Crippen LogP contribution >= 0.6 is 0 Å². The third kappa shape index (κ3) is 10.1. The van der Waals surface area contributed by atoms with Crippen molar-refractivity contribution in [3.05, 3.63) is 29.8 Å². The number of hydrogen-bond acceptors (Lipinski definition) is 5. The van der Waals surface area contributed by atoms with Gasteiger partial charge >= 0.3 is 0 Å². The van der Waals surface area contributed by atoms with Gasteiger partial charge in [0, 0.05) is 18.3 Å². The molecule has 0 saturated carbocycles. The summed E-state index contributed by atoms with van der Waals surface area (Å²) in [6.07, 6.45) is 8.99. The molecule has 35 heavy (non-hydrogen) atoms. The molecule has 2 bridgehead atoms. The van der Waals surface area contributed by atoms with Gasteiger partial charge in [-0.1, -0.05) is 65.0 Å². The molecular formula is C29H45NO5. The van der Waals surface area contributed by atoms with Gasteiger partial charge in [0.15, 0.2) is 11.6 Å². The van der Waals surface area contributed by atoms with E-state index >= 15 is 0 Å². The van der Waals surface area contributed by atoms with Crippen LogP contribution < -0.4 is 10.1 Å². The number of fused-ring (bicyclic) bond motifs is 11. The van der Waals surface area contributed by atoms with Crippen molar-refractivity contribution >= 4 is 17.5 Å². The van der Waals surface area contributed by atoms with E-state index in [1.807, 2.05) is 38.1 Å². The lowest BCUT2D eigenvalue weighted by Crippen LogP contribution is -2.48. The minimum absolute atomic E-state index is 0.0367. The molecule has 0 saturated heterocycles. The number of benzene rings is 1. The maximum absolute atomic E-state index is 13.5. The van der Waals surface area contributed by atoms with Gasteiger partial charge < -0.3 is 15.2 Å². The predicted molar refractivity (Wildman–Crippen MR) is 138 cm³/mol. The predicted octanol–water partition coefficient (Wildman–Crippen LogP) is 5.05. The molecule has 2 N–H and O–H groups in total. The number of ketones is 2. The first-order chi connectivity index (χ1) is 16.8. The zero-order chi connectivity index (χ0) is 25.6. The molecule has 1 aromatic carbocycles. The third-order valence-electron chi connectivity index (χ3n) is 6.89. The van der Waals surface area contributed by atoms with Gasteiger partial charge in [-0.3, -0.25) is 14.4 Å². The van der Waals surface area contributed by atoms with Gasteiger partial charge in [0.25, 0.3) is 0 Å². The third-order valence-corrected chi connectivity index (χ3v) is 6.89. The number of carbonyl (C=O) groups is 3. The molecule has 0 fully saturated rings. The molecule has 3 unspecified atom stereocenters. The summed E-state index contributed by atoms with van der Waals surface area (Å²) in [5, 5.41) is 12.6. The first-order valence-corrected chi connectivity index (χ1v) is 13.5. The van der Waals surface area contributed by atoms with Gasteiger partial charge in [-0.25, -0.2) is 0 Å². The Labute approximate surface area is 211 Å². The highest BCUT2D eigenvalue weighted by molar-refractivity contribution is 5.93. The van der Waals surface area contributed by atoms with Crippen LogP contribution in [0.5, 0.6) is 5.75 Å². The average molecular weight is 488 g/mol. The zero-order valence-electron chi connectivity index (χ0n) is 21.9. The van der Waals surface area contributed by atoms with Crippen molar-refractivity contribution in [2.45, 2.75) is 97.4 Å². The Morgan fingerprint density at radius 1 is 1.06 bits per heavy atom. The van der Waals surface area contributed by atoms with Crippen LogP contribution in [0.15, 0.2) is 24.3 Å². The van der Waals surface area contributed by atoms with Crippen LogP contribution in [0, 0.1) is 17.8 Å². The lowest BCUT2D eigenvalue weighted by molar-refractivity contribution is -0.137. The molecule has 2 aliphatic rings. The average Bonchev–Trinajstić information content (AvgIpc) is 2.84. The van der Waals surface area contributed by atoms with Gasteiger partial charge in [-0.05, 0) is 55.7 Å². The summed E-state index contributed by atoms with van der Waals surface area (Å²) in [5.74, 6) is -0.785. The topological polar surface area (TPSA) is 92.7 Å². The van der Waals surface area contributed by atoms with Gasteiger partial charge in [0.05, 0.1) is 12.6 Å². The minimum atomic E-state index is -0.632. The molecule has 196 valence electrons. The number of aliphatic hydroxyl groups excluding tert-OH is 1. The monoisotopic (exact) mass is 487 g/mol. The molecule has 0 aromatic heterocycles. The lowest BCUT2D eigenvalue weighted by Gasteiger charge is -2.29. The van der Waals surface area contributed by atoms with Crippen LogP contribution in [-0.2, 0) is 20.8 Å². The highest BCUT2D eigenvalue weighted by Gasteiger charge is 2.35. The molecule has 3 atom stereocenters. The molecule has 2 aliphatic heterocycles. The van der Waals surface area contributed by atoms with Crippen LogP contribution in [0.3, 0.4) is 0 Å². The van der Waals surface area contributed by atoms with E-state index in [2.05, 4.69) is 12.2 Å².